The van der Waals surface area contributed by atoms with Crippen LogP contribution in [0.5, 0.6) is 0 Å². The van der Waals surface area contributed by atoms with Gasteiger partial charge in [-0.2, -0.15) is 0 Å². The highest BCUT2D eigenvalue weighted by Crippen LogP contribution is 2.17. The van der Waals surface area contributed by atoms with Gasteiger partial charge < -0.3 is 20.9 Å². The summed E-state index contributed by atoms with van der Waals surface area (Å²) in [5, 5.41) is 9.31. The van der Waals surface area contributed by atoms with Crippen molar-refractivity contribution < 1.29 is 9.59 Å². The van der Waals surface area contributed by atoms with Crippen molar-refractivity contribution in [2.45, 2.75) is 57.9 Å². The van der Waals surface area contributed by atoms with E-state index in [4.69, 9.17) is 0 Å². The van der Waals surface area contributed by atoms with Crippen LogP contribution < -0.4 is 16.0 Å². The Morgan fingerprint density at radius 3 is 2.46 bits per heavy atom. The molecule has 2 rings (SSSR count). The van der Waals surface area contributed by atoms with Crippen molar-refractivity contribution in [1.29, 1.82) is 0 Å². The Labute approximate surface area is 144 Å². The molecule has 1 heterocycles. The number of guanidine groups is 1. The maximum Gasteiger partial charge on any atom is 0.244 e. The Hall–Kier alpha value is -1.79. The zero-order valence-corrected chi connectivity index (χ0v) is 14.8. The van der Waals surface area contributed by atoms with Crippen LogP contribution in [-0.2, 0) is 9.59 Å². The van der Waals surface area contributed by atoms with Gasteiger partial charge in [-0.3, -0.25) is 9.59 Å². The number of nitrogens with one attached hydrogen (secondary N) is 3. The molecule has 24 heavy (non-hydrogen) atoms. The van der Waals surface area contributed by atoms with Crippen molar-refractivity contribution in [3.05, 3.63) is 0 Å². The number of nitrogens with zero attached hydrogens (tertiary/aromatic N) is 2. The molecule has 7 heteroatoms. The lowest BCUT2D eigenvalue weighted by Crippen LogP contribution is -2.41. The number of hydrogen-bond donors (Lipinski definition) is 3. The van der Waals surface area contributed by atoms with Crippen LogP contribution in [0.25, 0.3) is 0 Å². The molecular formula is C17H31N5O2. The van der Waals surface area contributed by atoms with Gasteiger partial charge in [-0.1, -0.05) is 12.8 Å². The first-order valence-corrected chi connectivity index (χ1v) is 9.28. The maximum atomic E-state index is 12.0. The maximum absolute atomic E-state index is 12.0. The van der Waals surface area contributed by atoms with E-state index in [1.165, 1.54) is 12.8 Å². The summed E-state index contributed by atoms with van der Waals surface area (Å²) in [6.45, 7) is 5.06. The summed E-state index contributed by atoms with van der Waals surface area (Å²) >= 11 is 0. The summed E-state index contributed by atoms with van der Waals surface area (Å²) in [6.07, 6.45) is 7.22. The molecular weight excluding hydrogens is 306 g/mol. The third-order valence-electron chi connectivity index (χ3n) is 4.54. The molecule has 1 aliphatic heterocycles. The van der Waals surface area contributed by atoms with Gasteiger partial charge >= 0.3 is 0 Å². The minimum Gasteiger partial charge on any atom is -0.357 e. The molecule has 0 bridgehead atoms. The van der Waals surface area contributed by atoms with E-state index in [1.807, 2.05) is 11.8 Å². The van der Waals surface area contributed by atoms with Crippen molar-refractivity contribution in [2.75, 3.05) is 32.7 Å². The van der Waals surface area contributed by atoms with Crippen molar-refractivity contribution in [1.82, 2.24) is 20.9 Å². The Balaban J connectivity index is 1.68. The molecule has 0 unspecified atom stereocenters. The Bertz CT molecular complexity index is 440. The zero-order chi connectivity index (χ0) is 17.2. The Morgan fingerprint density at radius 2 is 1.79 bits per heavy atom. The lowest BCUT2D eigenvalue weighted by atomic mass is 10.2. The lowest BCUT2D eigenvalue weighted by molar-refractivity contribution is -0.128. The van der Waals surface area contributed by atoms with Crippen LogP contribution in [0.2, 0.25) is 0 Å². The van der Waals surface area contributed by atoms with E-state index in [0.29, 0.717) is 25.0 Å². The number of likely N-dealkylation sites (tertiary alicyclic amines) is 1. The largest absolute Gasteiger partial charge is 0.357 e. The van der Waals surface area contributed by atoms with E-state index in [9.17, 15) is 9.59 Å². The number of aliphatic imine (C=N–C) groups is 1. The van der Waals surface area contributed by atoms with E-state index in [0.717, 1.165) is 45.3 Å². The van der Waals surface area contributed by atoms with Gasteiger partial charge in [-0.05, 0) is 32.6 Å². The molecule has 3 N–H and O–H groups in total. The fourth-order valence-electron chi connectivity index (χ4n) is 3.22. The monoisotopic (exact) mass is 337 g/mol. The van der Waals surface area contributed by atoms with Crippen molar-refractivity contribution >= 4 is 17.8 Å². The highest BCUT2D eigenvalue weighted by Gasteiger charge is 2.18. The second kappa shape index (κ2) is 10.2. The molecule has 7 nitrogen and oxygen atoms in total. The summed E-state index contributed by atoms with van der Waals surface area (Å²) in [4.78, 5) is 30.1. The number of hydrogen-bond acceptors (Lipinski definition) is 3. The third-order valence-corrected chi connectivity index (χ3v) is 4.54. The Kier molecular flexibility index (Phi) is 7.85. The van der Waals surface area contributed by atoms with Crippen LogP contribution >= 0.6 is 0 Å². The van der Waals surface area contributed by atoms with Gasteiger partial charge in [0.1, 0.15) is 6.54 Å². The van der Waals surface area contributed by atoms with Crippen LogP contribution in [0.1, 0.15) is 51.9 Å². The molecule has 0 aromatic rings. The SMILES string of the molecule is CCNC(=NCC(=O)N1CCCC1)NCCC(=O)NC1CCCC1. The van der Waals surface area contributed by atoms with Gasteiger partial charge in [0.05, 0.1) is 0 Å². The summed E-state index contributed by atoms with van der Waals surface area (Å²) in [5.74, 6) is 0.751. The second-order valence-corrected chi connectivity index (χ2v) is 6.51. The van der Waals surface area contributed by atoms with Crippen LogP contribution in [0.3, 0.4) is 0 Å². The average molecular weight is 337 g/mol. The molecule has 0 aromatic heterocycles. The van der Waals surface area contributed by atoms with Crippen LogP contribution in [0.4, 0.5) is 0 Å². The lowest BCUT2D eigenvalue weighted by Gasteiger charge is -2.15. The van der Waals surface area contributed by atoms with Gasteiger partial charge in [0.25, 0.3) is 0 Å². The molecule has 1 saturated carbocycles. The van der Waals surface area contributed by atoms with Gasteiger partial charge in [-0.25, -0.2) is 4.99 Å². The predicted octanol–water partition coefficient (Wildman–Crippen LogP) is 0.613. The smallest absolute Gasteiger partial charge is 0.244 e. The minimum absolute atomic E-state index is 0.0729. The fourth-order valence-corrected chi connectivity index (χ4v) is 3.22. The molecule has 1 saturated heterocycles. The molecule has 2 amide bonds. The fraction of sp³-hybridized carbons (Fsp3) is 0.824. The normalized spacial score (nSPS) is 18.7. The number of carbonyl (C=O) groups is 2. The topological polar surface area (TPSA) is 85.8 Å². The first kappa shape index (κ1) is 18.5. The highest BCUT2D eigenvalue weighted by molar-refractivity contribution is 5.85. The number of rotatable bonds is 7. The molecule has 2 fully saturated rings. The summed E-state index contributed by atoms with van der Waals surface area (Å²) in [6, 6.07) is 0.359. The van der Waals surface area contributed by atoms with Crippen molar-refractivity contribution in [3.8, 4) is 0 Å². The van der Waals surface area contributed by atoms with Gasteiger partial charge in [0.2, 0.25) is 11.8 Å². The second-order valence-electron chi connectivity index (χ2n) is 6.51. The summed E-state index contributed by atoms with van der Waals surface area (Å²) in [7, 11) is 0. The zero-order valence-electron chi connectivity index (χ0n) is 14.8. The molecule has 2 aliphatic rings. The minimum atomic E-state index is 0.0729. The third kappa shape index (κ3) is 6.37. The van der Waals surface area contributed by atoms with Crippen molar-refractivity contribution in [3.63, 3.8) is 0 Å². The first-order valence-electron chi connectivity index (χ1n) is 9.28. The molecule has 136 valence electrons. The van der Waals surface area contributed by atoms with E-state index in [2.05, 4.69) is 20.9 Å². The highest BCUT2D eigenvalue weighted by atomic mass is 16.2. The number of amides is 2. The van der Waals surface area contributed by atoms with Crippen molar-refractivity contribution in [2.24, 2.45) is 4.99 Å². The van der Waals surface area contributed by atoms with Crippen LogP contribution in [0.15, 0.2) is 4.99 Å². The van der Waals surface area contributed by atoms with E-state index in [-0.39, 0.29) is 18.4 Å². The molecule has 0 atom stereocenters. The Morgan fingerprint density at radius 1 is 1.08 bits per heavy atom. The van der Waals surface area contributed by atoms with E-state index < -0.39 is 0 Å². The molecule has 0 spiro atoms. The van der Waals surface area contributed by atoms with E-state index >= 15 is 0 Å². The summed E-state index contributed by atoms with van der Waals surface area (Å²) in [5.41, 5.74) is 0. The van der Waals surface area contributed by atoms with Gasteiger partial charge in [-0.15, -0.1) is 0 Å². The summed E-state index contributed by atoms with van der Waals surface area (Å²) < 4.78 is 0. The molecule has 0 radical (unpaired) electrons. The van der Waals surface area contributed by atoms with Crippen LogP contribution in [-0.4, -0.2) is 61.4 Å². The standard InChI is InChI=1S/C17H31N5O2/c1-2-18-17(20-13-16(24)22-11-5-6-12-22)19-10-9-15(23)21-14-7-3-4-8-14/h14H,2-13H2,1H3,(H,21,23)(H2,18,19,20). The van der Waals surface area contributed by atoms with Gasteiger partial charge in [0.15, 0.2) is 5.96 Å². The first-order chi connectivity index (χ1) is 11.7. The van der Waals surface area contributed by atoms with Crippen LogP contribution in [0, 0.1) is 0 Å². The number of carbonyl (C=O) groups excluding carboxylic acids is 2. The molecule has 1 aliphatic carbocycles. The average Bonchev–Trinajstić information content (AvgIpc) is 3.25. The molecule has 0 aromatic carbocycles. The van der Waals surface area contributed by atoms with E-state index in [1.54, 1.807) is 0 Å². The quantitative estimate of drug-likeness (QED) is 0.469. The predicted molar refractivity (Wildman–Crippen MR) is 94.8 cm³/mol. The van der Waals surface area contributed by atoms with Gasteiger partial charge in [0, 0.05) is 38.6 Å².